The predicted octanol–water partition coefficient (Wildman–Crippen LogP) is 3.19. The summed E-state index contributed by atoms with van der Waals surface area (Å²) in [7, 11) is -3.71. The number of carbonyl (C=O) groups excluding carboxylic acids is 1. The van der Waals surface area contributed by atoms with Crippen LogP contribution in [0.2, 0.25) is 0 Å². The molecule has 2 rings (SSSR count). The summed E-state index contributed by atoms with van der Waals surface area (Å²) < 4.78 is 27.7. The number of sulfonamides is 1. The van der Waals surface area contributed by atoms with Gasteiger partial charge in [-0.25, -0.2) is 8.42 Å². The smallest absolute Gasteiger partial charge is 0.262 e. The molecule has 0 fully saturated rings. The Kier molecular flexibility index (Phi) is 4.71. The number of hydrogen-bond donors (Lipinski definition) is 2. The maximum absolute atomic E-state index is 12.6. The van der Waals surface area contributed by atoms with E-state index in [1.54, 1.807) is 13.0 Å². The van der Waals surface area contributed by atoms with Gasteiger partial charge in [-0.1, -0.05) is 32.9 Å². The molecule has 0 aliphatic heterocycles. The van der Waals surface area contributed by atoms with Crippen LogP contribution in [0.4, 0.5) is 5.69 Å². The van der Waals surface area contributed by atoms with Crippen LogP contribution in [0.1, 0.15) is 42.3 Å². The topological polar surface area (TPSA) is 89.3 Å². The Bertz CT molecular complexity index is 864. The molecule has 0 spiro atoms. The molecule has 0 aliphatic carbocycles. The number of aryl methyl sites for hydroxylation is 1. The van der Waals surface area contributed by atoms with E-state index in [2.05, 4.69) is 25.5 Å². The Balaban J connectivity index is 2.32. The van der Waals surface area contributed by atoms with Crippen LogP contribution in [0.15, 0.2) is 47.4 Å². The first-order valence-corrected chi connectivity index (χ1v) is 9.03. The van der Waals surface area contributed by atoms with Gasteiger partial charge < -0.3 is 5.73 Å². The molecule has 0 aliphatic rings. The molecule has 2 aromatic rings. The Hall–Kier alpha value is -2.34. The summed E-state index contributed by atoms with van der Waals surface area (Å²) in [6.45, 7) is 8.01. The summed E-state index contributed by atoms with van der Waals surface area (Å²) in [5, 5.41) is 0. The Morgan fingerprint density at radius 2 is 1.62 bits per heavy atom. The molecule has 1 amide bonds. The van der Waals surface area contributed by atoms with Crippen LogP contribution in [-0.2, 0) is 15.4 Å². The summed E-state index contributed by atoms with van der Waals surface area (Å²) >= 11 is 0. The molecule has 0 aromatic heterocycles. The van der Waals surface area contributed by atoms with Gasteiger partial charge in [-0.3, -0.25) is 9.52 Å². The van der Waals surface area contributed by atoms with Crippen molar-refractivity contribution in [3.63, 3.8) is 0 Å². The molecule has 5 nitrogen and oxygen atoms in total. The molecule has 0 heterocycles. The lowest BCUT2D eigenvalue weighted by Gasteiger charge is -2.20. The highest BCUT2D eigenvalue weighted by Crippen LogP contribution is 2.27. The molecule has 128 valence electrons. The van der Waals surface area contributed by atoms with Crippen LogP contribution in [0.25, 0.3) is 0 Å². The fraction of sp³-hybridized carbons (Fsp3) is 0.278. The zero-order chi connectivity index (χ0) is 18.1. The molecule has 6 heteroatoms. The van der Waals surface area contributed by atoms with Crippen LogP contribution in [0, 0.1) is 6.92 Å². The summed E-state index contributed by atoms with van der Waals surface area (Å²) in [5.41, 5.74) is 7.58. The molecule has 0 atom stereocenters. The number of rotatable bonds is 4. The van der Waals surface area contributed by atoms with Gasteiger partial charge in [-0.15, -0.1) is 0 Å². The summed E-state index contributed by atoms with van der Waals surface area (Å²) in [5.74, 6) is -0.557. The molecule has 0 bridgehead atoms. The average Bonchev–Trinajstić information content (AvgIpc) is 2.46. The maximum Gasteiger partial charge on any atom is 0.262 e. The van der Waals surface area contributed by atoms with Crippen molar-refractivity contribution in [1.29, 1.82) is 0 Å². The largest absolute Gasteiger partial charge is 0.366 e. The first-order chi connectivity index (χ1) is 11.0. The maximum atomic E-state index is 12.6. The summed E-state index contributed by atoms with van der Waals surface area (Å²) in [6, 6.07) is 11.3. The zero-order valence-corrected chi connectivity index (χ0v) is 15.1. The van der Waals surface area contributed by atoms with Gasteiger partial charge >= 0.3 is 0 Å². The second-order valence-corrected chi connectivity index (χ2v) is 8.43. The quantitative estimate of drug-likeness (QED) is 0.891. The number of primary amides is 1. The van der Waals surface area contributed by atoms with Crippen LogP contribution >= 0.6 is 0 Å². The molecular weight excluding hydrogens is 324 g/mol. The number of carbonyl (C=O) groups is 1. The van der Waals surface area contributed by atoms with E-state index < -0.39 is 15.9 Å². The fourth-order valence-electron chi connectivity index (χ4n) is 2.33. The van der Waals surface area contributed by atoms with Crippen molar-refractivity contribution in [2.24, 2.45) is 5.73 Å². The van der Waals surface area contributed by atoms with Crippen molar-refractivity contribution in [2.75, 3.05) is 4.72 Å². The second-order valence-electron chi connectivity index (χ2n) is 6.78. The molecule has 2 aromatic carbocycles. The van der Waals surface area contributed by atoms with Crippen LogP contribution in [0.3, 0.4) is 0 Å². The van der Waals surface area contributed by atoms with E-state index in [9.17, 15) is 13.2 Å². The Morgan fingerprint density at radius 3 is 2.08 bits per heavy atom. The third kappa shape index (κ3) is 3.94. The first kappa shape index (κ1) is 18.0. The SMILES string of the molecule is Cc1cc(C(C)(C)C)ccc1S(=O)(=O)Nc1ccc(C(N)=O)cc1. The standard InChI is InChI=1S/C18H22N2O3S/c1-12-11-14(18(2,3)4)7-10-16(12)24(22,23)20-15-8-5-13(6-9-15)17(19)21/h5-11,20H,1-4H3,(H2,19,21). The molecule has 3 N–H and O–H groups in total. The monoisotopic (exact) mass is 346 g/mol. The van der Waals surface area contributed by atoms with Crippen molar-refractivity contribution in [2.45, 2.75) is 38.0 Å². The molecule has 24 heavy (non-hydrogen) atoms. The van der Waals surface area contributed by atoms with Crippen molar-refractivity contribution < 1.29 is 13.2 Å². The molecule has 0 unspecified atom stereocenters. The van der Waals surface area contributed by atoms with E-state index in [0.717, 1.165) is 5.56 Å². The van der Waals surface area contributed by atoms with Crippen LogP contribution in [0.5, 0.6) is 0 Å². The van der Waals surface area contributed by atoms with Crippen LogP contribution in [-0.4, -0.2) is 14.3 Å². The summed E-state index contributed by atoms with van der Waals surface area (Å²) in [6.07, 6.45) is 0. The van der Waals surface area contributed by atoms with Crippen molar-refractivity contribution in [3.8, 4) is 0 Å². The van der Waals surface area contributed by atoms with Crippen molar-refractivity contribution in [3.05, 3.63) is 59.2 Å². The fourth-order valence-corrected chi connectivity index (χ4v) is 3.62. The first-order valence-electron chi connectivity index (χ1n) is 7.54. The Morgan fingerprint density at radius 1 is 1.04 bits per heavy atom. The lowest BCUT2D eigenvalue weighted by atomic mass is 9.86. The average molecular weight is 346 g/mol. The molecule has 0 saturated carbocycles. The van der Waals surface area contributed by atoms with Crippen molar-refractivity contribution >= 4 is 21.6 Å². The summed E-state index contributed by atoms with van der Waals surface area (Å²) in [4.78, 5) is 11.3. The van der Waals surface area contributed by atoms with E-state index >= 15 is 0 Å². The Labute approximate surface area is 142 Å². The van der Waals surface area contributed by atoms with Gasteiger partial charge in [0, 0.05) is 11.3 Å². The number of nitrogens with one attached hydrogen (secondary N) is 1. The van der Waals surface area contributed by atoms with E-state index in [-0.39, 0.29) is 10.3 Å². The lowest BCUT2D eigenvalue weighted by Crippen LogP contribution is -2.17. The minimum absolute atomic E-state index is 0.0505. The van der Waals surface area contributed by atoms with Gasteiger partial charge in [-0.05, 0) is 53.8 Å². The predicted molar refractivity (Wildman–Crippen MR) is 95.6 cm³/mol. The number of benzene rings is 2. The molecular formula is C18H22N2O3S. The number of nitrogens with two attached hydrogens (primary N) is 1. The highest BCUT2D eigenvalue weighted by molar-refractivity contribution is 7.92. The highest BCUT2D eigenvalue weighted by Gasteiger charge is 2.20. The van der Waals surface area contributed by atoms with E-state index in [4.69, 9.17) is 5.73 Å². The number of hydrogen-bond acceptors (Lipinski definition) is 3. The zero-order valence-electron chi connectivity index (χ0n) is 14.3. The van der Waals surface area contributed by atoms with Gasteiger partial charge in [0.1, 0.15) is 0 Å². The third-order valence-corrected chi connectivity index (χ3v) is 5.29. The molecule has 0 saturated heterocycles. The van der Waals surface area contributed by atoms with E-state index in [1.807, 2.05) is 12.1 Å². The second kappa shape index (κ2) is 6.28. The van der Waals surface area contributed by atoms with Gasteiger partial charge in [0.05, 0.1) is 4.90 Å². The lowest BCUT2D eigenvalue weighted by molar-refractivity contribution is 0.100. The van der Waals surface area contributed by atoms with E-state index in [1.165, 1.54) is 24.3 Å². The van der Waals surface area contributed by atoms with Gasteiger partial charge in [-0.2, -0.15) is 0 Å². The minimum Gasteiger partial charge on any atom is -0.366 e. The minimum atomic E-state index is -3.71. The number of amides is 1. The van der Waals surface area contributed by atoms with Gasteiger partial charge in [0.2, 0.25) is 5.91 Å². The third-order valence-electron chi connectivity index (χ3n) is 3.75. The number of anilines is 1. The molecule has 0 radical (unpaired) electrons. The van der Waals surface area contributed by atoms with Crippen molar-refractivity contribution in [1.82, 2.24) is 0 Å². The highest BCUT2D eigenvalue weighted by atomic mass is 32.2. The van der Waals surface area contributed by atoms with E-state index in [0.29, 0.717) is 16.8 Å². The van der Waals surface area contributed by atoms with Gasteiger partial charge in [0.15, 0.2) is 0 Å². The van der Waals surface area contributed by atoms with Crippen LogP contribution < -0.4 is 10.5 Å². The van der Waals surface area contributed by atoms with Gasteiger partial charge in [0.25, 0.3) is 10.0 Å². The normalized spacial score (nSPS) is 12.0.